The van der Waals surface area contributed by atoms with Crippen molar-refractivity contribution in [3.05, 3.63) is 206 Å². The molecule has 3 nitrogen and oxygen atoms in total. The first kappa shape index (κ1) is 32.2. The van der Waals surface area contributed by atoms with Crippen LogP contribution in [0.1, 0.15) is 0 Å². The number of hydrogen-bond acceptors (Lipinski definition) is 1. The molecule has 0 saturated heterocycles. The number of fused-ring (bicyclic) bond motifs is 12. The van der Waals surface area contributed by atoms with Crippen molar-refractivity contribution in [2.24, 2.45) is 0 Å². The van der Waals surface area contributed by atoms with Crippen LogP contribution in [0.5, 0.6) is 0 Å². The molecule has 0 atom stereocenters. The summed E-state index contributed by atoms with van der Waals surface area (Å²) in [7, 11) is 0. The fourth-order valence-corrected chi connectivity index (χ4v) is 9.80. The molecule has 0 saturated carbocycles. The Balaban J connectivity index is 0.995. The van der Waals surface area contributed by atoms with E-state index in [2.05, 4.69) is 203 Å². The van der Waals surface area contributed by atoms with Gasteiger partial charge in [-0.1, -0.05) is 140 Å². The minimum Gasteiger partial charge on any atom is -0.456 e. The first-order valence-electron chi connectivity index (χ1n) is 20.2. The molecule has 13 rings (SSSR count). The van der Waals surface area contributed by atoms with Crippen molar-refractivity contribution >= 4 is 87.1 Å². The molecule has 0 N–H and O–H groups in total. The Labute approximate surface area is 339 Å². The molecule has 3 aromatic heterocycles. The van der Waals surface area contributed by atoms with Crippen molar-refractivity contribution in [3.8, 4) is 33.6 Å². The molecule has 3 heterocycles. The summed E-state index contributed by atoms with van der Waals surface area (Å²) >= 11 is 0. The number of para-hydroxylation sites is 2. The van der Waals surface area contributed by atoms with E-state index in [0.717, 1.165) is 33.3 Å². The fourth-order valence-electron chi connectivity index (χ4n) is 9.80. The summed E-state index contributed by atoms with van der Waals surface area (Å²) in [4.78, 5) is 0. The molecule has 13 aromatic rings. The van der Waals surface area contributed by atoms with Gasteiger partial charge in [0.05, 0.1) is 22.1 Å². The van der Waals surface area contributed by atoms with E-state index in [-0.39, 0.29) is 0 Å². The lowest BCUT2D eigenvalue weighted by Gasteiger charge is -2.12. The fraction of sp³-hybridized carbons (Fsp3) is 0. The van der Waals surface area contributed by atoms with Crippen LogP contribution in [0.3, 0.4) is 0 Å². The minimum atomic E-state index is 0.900. The molecule has 0 amide bonds. The Kier molecular flexibility index (Phi) is 6.72. The van der Waals surface area contributed by atoms with Crippen LogP contribution in [0.4, 0.5) is 0 Å². The summed E-state index contributed by atoms with van der Waals surface area (Å²) in [5.74, 6) is 0. The second-order valence-electron chi connectivity index (χ2n) is 15.7. The molecule has 3 heteroatoms. The number of hydrogen-bond donors (Lipinski definition) is 0. The highest BCUT2D eigenvalue weighted by molar-refractivity contribution is 6.20. The lowest BCUT2D eigenvalue weighted by Crippen LogP contribution is -1.95. The van der Waals surface area contributed by atoms with Crippen LogP contribution < -0.4 is 0 Å². The molecule has 59 heavy (non-hydrogen) atoms. The monoisotopic (exact) mass is 750 g/mol. The summed E-state index contributed by atoms with van der Waals surface area (Å²) in [5.41, 5.74) is 13.7. The standard InChI is InChI=1S/C56H34N2O/c1-3-16-42-35(11-1)13-10-20-43(42)39-14-9-15-40(31-39)57-51-21-7-5-18-45(51)48-32-37(24-28-52(48)57)38-25-29-53-49(33-38)47-27-23-36-12-2-4-17-44(36)56(47)58(53)41-26-30-55-50(34-41)46-19-6-8-22-54(46)59-55/h1-34H. The zero-order valence-electron chi connectivity index (χ0n) is 31.9. The summed E-state index contributed by atoms with van der Waals surface area (Å²) in [6, 6.07) is 75.2. The third-order valence-electron chi connectivity index (χ3n) is 12.5. The van der Waals surface area contributed by atoms with E-state index in [1.807, 2.05) is 12.1 Å². The summed E-state index contributed by atoms with van der Waals surface area (Å²) < 4.78 is 11.1. The quantitative estimate of drug-likeness (QED) is 0.176. The predicted octanol–water partition coefficient (Wildman–Crippen LogP) is 15.4. The van der Waals surface area contributed by atoms with Crippen LogP contribution in [0.15, 0.2) is 211 Å². The van der Waals surface area contributed by atoms with Gasteiger partial charge in [-0.2, -0.15) is 0 Å². The average molecular weight is 751 g/mol. The Hall–Kier alpha value is -7.88. The van der Waals surface area contributed by atoms with Gasteiger partial charge in [0.2, 0.25) is 0 Å². The third kappa shape index (κ3) is 4.76. The lowest BCUT2D eigenvalue weighted by molar-refractivity contribution is 0.669. The summed E-state index contributed by atoms with van der Waals surface area (Å²) in [6.07, 6.45) is 0. The Morgan fingerprint density at radius 3 is 1.75 bits per heavy atom. The predicted molar refractivity (Wildman–Crippen MR) is 248 cm³/mol. The number of rotatable bonds is 4. The Morgan fingerprint density at radius 2 is 0.898 bits per heavy atom. The van der Waals surface area contributed by atoms with Gasteiger partial charge >= 0.3 is 0 Å². The number of benzene rings is 10. The van der Waals surface area contributed by atoms with E-state index in [4.69, 9.17) is 4.42 Å². The normalized spacial score (nSPS) is 12.1. The molecular formula is C56H34N2O. The number of aromatic nitrogens is 2. The van der Waals surface area contributed by atoms with Crippen LogP contribution in [0.2, 0.25) is 0 Å². The molecule has 0 spiro atoms. The van der Waals surface area contributed by atoms with Crippen LogP contribution in [0.25, 0.3) is 121 Å². The highest BCUT2D eigenvalue weighted by Gasteiger charge is 2.19. The third-order valence-corrected chi connectivity index (χ3v) is 12.5. The van der Waals surface area contributed by atoms with Gasteiger partial charge < -0.3 is 13.6 Å². The van der Waals surface area contributed by atoms with Crippen molar-refractivity contribution < 1.29 is 4.42 Å². The Morgan fingerprint density at radius 1 is 0.288 bits per heavy atom. The minimum absolute atomic E-state index is 0.900. The smallest absolute Gasteiger partial charge is 0.135 e. The van der Waals surface area contributed by atoms with Gasteiger partial charge in [0.1, 0.15) is 11.2 Å². The largest absolute Gasteiger partial charge is 0.456 e. The van der Waals surface area contributed by atoms with Crippen LogP contribution in [-0.2, 0) is 0 Å². The van der Waals surface area contributed by atoms with Crippen molar-refractivity contribution in [2.75, 3.05) is 0 Å². The van der Waals surface area contributed by atoms with Crippen LogP contribution >= 0.6 is 0 Å². The van der Waals surface area contributed by atoms with Gasteiger partial charge in [-0.25, -0.2) is 0 Å². The van der Waals surface area contributed by atoms with Gasteiger partial charge in [0, 0.05) is 49.1 Å². The lowest BCUT2D eigenvalue weighted by atomic mass is 9.98. The maximum atomic E-state index is 6.25. The molecule has 0 bridgehead atoms. The first-order valence-corrected chi connectivity index (χ1v) is 20.2. The SMILES string of the molecule is c1cc(-c2cccc3ccccc23)cc(-n2c3ccccc3c3cc(-c4ccc5c(c4)c4ccc6ccccc6c4n5-c4ccc5oc6ccccc6c5c4)ccc32)c1. The second kappa shape index (κ2) is 12.3. The van der Waals surface area contributed by atoms with Crippen LogP contribution in [0, 0.1) is 0 Å². The van der Waals surface area contributed by atoms with Gasteiger partial charge in [-0.15, -0.1) is 0 Å². The van der Waals surface area contributed by atoms with Gasteiger partial charge in [-0.3, -0.25) is 0 Å². The maximum Gasteiger partial charge on any atom is 0.135 e. The molecule has 0 unspecified atom stereocenters. The molecular weight excluding hydrogens is 717 g/mol. The van der Waals surface area contributed by atoms with Crippen molar-refractivity contribution in [2.45, 2.75) is 0 Å². The van der Waals surface area contributed by atoms with Gasteiger partial charge in [-0.05, 0) is 105 Å². The molecule has 0 aliphatic rings. The van der Waals surface area contributed by atoms with Crippen LogP contribution in [-0.4, -0.2) is 9.13 Å². The Bertz CT molecular complexity index is 3850. The van der Waals surface area contributed by atoms with Gasteiger partial charge in [0.15, 0.2) is 0 Å². The van der Waals surface area contributed by atoms with E-state index < -0.39 is 0 Å². The first-order chi connectivity index (χ1) is 29.2. The van der Waals surface area contributed by atoms with Crippen molar-refractivity contribution in [3.63, 3.8) is 0 Å². The molecule has 274 valence electrons. The van der Waals surface area contributed by atoms with E-state index in [9.17, 15) is 0 Å². The van der Waals surface area contributed by atoms with Crippen molar-refractivity contribution in [1.29, 1.82) is 0 Å². The van der Waals surface area contributed by atoms with E-state index in [0.29, 0.717) is 0 Å². The van der Waals surface area contributed by atoms with E-state index >= 15 is 0 Å². The number of nitrogens with zero attached hydrogens (tertiary/aromatic N) is 2. The maximum absolute atomic E-state index is 6.25. The highest BCUT2D eigenvalue weighted by atomic mass is 16.3. The molecule has 0 fully saturated rings. The second-order valence-corrected chi connectivity index (χ2v) is 15.7. The molecule has 0 radical (unpaired) electrons. The number of furan rings is 1. The highest BCUT2D eigenvalue weighted by Crippen LogP contribution is 2.42. The molecule has 0 aliphatic heterocycles. The summed E-state index contributed by atoms with van der Waals surface area (Å²) in [6.45, 7) is 0. The molecule has 0 aliphatic carbocycles. The van der Waals surface area contributed by atoms with Crippen molar-refractivity contribution in [1.82, 2.24) is 9.13 Å². The topological polar surface area (TPSA) is 23.0 Å². The summed E-state index contributed by atoms with van der Waals surface area (Å²) in [5, 5.41) is 12.2. The zero-order valence-corrected chi connectivity index (χ0v) is 31.9. The van der Waals surface area contributed by atoms with E-state index in [1.54, 1.807) is 0 Å². The molecule has 10 aromatic carbocycles. The average Bonchev–Trinajstić information content (AvgIpc) is 3.96. The van der Waals surface area contributed by atoms with E-state index in [1.165, 1.54) is 87.4 Å². The van der Waals surface area contributed by atoms with Gasteiger partial charge in [0.25, 0.3) is 0 Å². The zero-order chi connectivity index (χ0) is 38.6.